The van der Waals surface area contributed by atoms with Gasteiger partial charge in [-0.2, -0.15) is 0 Å². The molecular weight excluding hydrogens is 299 g/mol. The second-order valence-electron chi connectivity index (χ2n) is 4.74. The fourth-order valence-electron chi connectivity index (χ4n) is 2.11. The van der Waals surface area contributed by atoms with Crippen molar-refractivity contribution in [1.29, 1.82) is 0 Å². The minimum Gasteiger partial charge on any atom is -0.482 e. The van der Waals surface area contributed by atoms with E-state index in [1.54, 1.807) is 12.1 Å². The predicted molar refractivity (Wildman–Crippen MR) is 82.8 cm³/mol. The van der Waals surface area contributed by atoms with Crippen LogP contribution >= 0.6 is 24.0 Å². The zero-order chi connectivity index (χ0) is 13.5. The van der Waals surface area contributed by atoms with Crippen molar-refractivity contribution in [3.63, 3.8) is 0 Å². The summed E-state index contributed by atoms with van der Waals surface area (Å²) in [6.07, 6.45) is 2.34. The van der Waals surface area contributed by atoms with Gasteiger partial charge < -0.3 is 15.4 Å². The van der Waals surface area contributed by atoms with E-state index in [4.69, 9.17) is 16.3 Å². The van der Waals surface area contributed by atoms with Crippen LogP contribution in [0.1, 0.15) is 12.8 Å². The first-order valence-corrected chi connectivity index (χ1v) is 6.98. The third-order valence-electron chi connectivity index (χ3n) is 3.18. The van der Waals surface area contributed by atoms with Gasteiger partial charge in [-0.25, -0.2) is 0 Å². The first-order valence-electron chi connectivity index (χ1n) is 6.60. The van der Waals surface area contributed by atoms with Gasteiger partial charge in [-0.05, 0) is 44.0 Å². The SMILES string of the molecule is Cl.O=C(COc1ccccc1Cl)NCC1CCCNC1. The number of carbonyl (C=O) groups is 1. The Balaban J connectivity index is 0.00000200. The molecule has 2 rings (SSSR count). The third kappa shape index (κ3) is 5.57. The first-order chi connectivity index (χ1) is 9.25. The maximum Gasteiger partial charge on any atom is 0.257 e. The smallest absolute Gasteiger partial charge is 0.257 e. The van der Waals surface area contributed by atoms with Gasteiger partial charge in [-0.15, -0.1) is 12.4 Å². The van der Waals surface area contributed by atoms with Crippen LogP contribution in [-0.2, 0) is 4.79 Å². The largest absolute Gasteiger partial charge is 0.482 e. The molecule has 1 aliphatic rings. The van der Waals surface area contributed by atoms with Gasteiger partial charge in [0.2, 0.25) is 0 Å². The van der Waals surface area contributed by atoms with Gasteiger partial charge in [-0.1, -0.05) is 23.7 Å². The fraction of sp³-hybridized carbons (Fsp3) is 0.500. The quantitative estimate of drug-likeness (QED) is 0.875. The second-order valence-corrected chi connectivity index (χ2v) is 5.14. The molecule has 1 amide bonds. The average Bonchev–Trinajstić information content (AvgIpc) is 2.45. The van der Waals surface area contributed by atoms with Crippen LogP contribution in [0.4, 0.5) is 0 Å². The highest BCUT2D eigenvalue weighted by atomic mass is 35.5. The Morgan fingerprint density at radius 1 is 1.45 bits per heavy atom. The molecule has 0 aromatic heterocycles. The van der Waals surface area contributed by atoms with Gasteiger partial charge in [0.25, 0.3) is 5.91 Å². The van der Waals surface area contributed by atoms with Crippen molar-refractivity contribution in [1.82, 2.24) is 10.6 Å². The molecule has 2 N–H and O–H groups in total. The molecule has 1 saturated heterocycles. The summed E-state index contributed by atoms with van der Waals surface area (Å²) in [6.45, 7) is 2.77. The number of ether oxygens (including phenoxy) is 1. The number of hydrogen-bond acceptors (Lipinski definition) is 3. The summed E-state index contributed by atoms with van der Waals surface area (Å²) in [5, 5.41) is 6.74. The molecule has 1 atom stereocenters. The molecule has 1 heterocycles. The van der Waals surface area contributed by atoms with Crippen molar-refractivity contribution in [3.8, 4) is 5.75 Å². The molecule has 0 aliphatic carbocycles. The Morgan fingerprint density at radius 2 is 2.25 bits per heavy atom. The van der Waals surface area contributed by atoms with E-state index in [-0.39, 0.29) is 24.9 Å². The minimum atomic E-state index is -0.106. The molecular formula is C14H20Cl2N2O2. The maximum atomic E-state index is 11.7. The Bertz CT molecular complexity index is 423. The molecule has 0 radical (unpaired) electrons. The van der Waals surface area contributed by atoms with Crippen LogP contribution in [0.3, 0.4) is 0 Å². The molecule has 4 nitrogen and oxygen atoms in total. The minimum absolute atomic E-state index is 0. The molecule has 20 heavy (non-hydrogen) atoms. The number of benzene rings is 1. The van der Waals surface area contributed by atoms with Gasteiger partial charge in [0, 0.05) is 6.54 Å². The van der Waals surface area contributed by atoms with Crippen molar-refractivity contribution >= 4 is 29.9 Å². The summed E-state index contributed by atoms with van der Waals surface area (Å²) in [5.41, 5.74) is 0. The number of piperidine rings is 1. The molecule has 1 fully saturated rings. The highest BCUT2D eigenvalue weighted by Crippen LogP contribution is 2.22. The summed E-state index contributed by atoms with van der Waals surface area (Å²) in [4.78, 5) is 11.7. The van der Waals surface area contributed by atoms with E-state index < -0.39 is 0 Å². The van der Waals surface area contributed by atoms with Crippen LogP contribution in [0.15, 0.2) is 24.3 Å². The molecule has 6 heteroatoms. The Kier molecular flexibility index (Phi) is 7.73. The third-order valence-corrected chi connectivity index (χ3v) is 3.49. The van der Waals surface area contributed by atoms with E-state index in [0.717, 1.165) is 13.1 Å². The van der Waals surface area contributed by atoms with E-state index in [1.165, 1.54) is 12.8 Å². The van der Waals surface area contributed by atoms with Gasteiger partial charge >= 0.3 is 0 Å². The molecule has 0 saturated carbocycles. The monoisotopic (exact) mass is 318 g/mol. The lowest BCUT2D eigenvalue weighted by Crippen LogP contribution is -2.39. The lowest BCUT2D eigenvalue weighted by molar-refractivity contribution is -0.123. The van der Waals surface area contributed by atoms with Crippen molar-refractivity contribution in [2.24, 2.45) is 5.92 Å². The molecule has 1 aromatic rings. The number of amides is 1. The summed E-state index contributed by atoms with van der Waals surface area (Å²) >= 11 is 5.94. The van der Waals surface area contributed by atoms with Crippen molar-refractivity contribution in [3.05, 3.63) is 29.3 Å². The van der Waals surface area contributed by atoms with Crippen molar-refractivity contribution in [2.75, 3.05) is 26.2 Å². The second kappa shape index (κ2) is 9.06. The predicted octanol–water partition coefficient (Wildman–Crippen LogP) is 2.26. The number of para-hydroxylation sites is 1. The van der Waals surface area contributed by atoms with Crippen molar-refractivity contribution in [2.45, 2.75) is 12.8 Å². The normalized spacial score (nSPS) is 17.9. The van der Waals surface area contributed by atoms with E-state index in [9.17, 15) is 4.79 Å². The van der Waals surface area contributed by atoms with Gasteiger partial charge in [0.15, 0.2) is 6.61 Å². The highest BCUT2D eigenvalue weighted by Gasteiger charge is 2.14. The van der Waals surface area contributed by atoms with Crippen LogP contribution in [0.2, 0.25) is 5.02 Å². The van der Waals surface area contributed by atoms with Crippen LogP contribution in [0.25, 0.3) is 0 Å². The number of carbonyl (C=O) groups excluding carboxylic acids is 1. The molecule has 112 valence electrons. The Hall–Kier alpha value is -0.970. The lowest BCUT2D eigenvalue weighted by atomic mass is 10.00. The fourth-order valence-corrected chi connectivity index (χ4v) is 2.30. The summed E-state index contributed by atoms with van der Waals surface area (Å²) in [6, 6.07) is 7.14. The summed E-state index contributed by atoms with van der Waals surface area (Å²) in [5.74, 6) is 0.960. The molecule has 1 aliphatic heterocycles. The maximum absolute atomic E-state index is 11.7. The summed E-state index contributed by atoms with van der Waals surface area (Å²) < 4.78 is 5.38. The molecule has 1 unspecified atom stereocenters. The van der Waals surface area contributed by atoms with E-state index >= 15 is 0 Å². The summed E-state index contributed by atoms with van der Waals surface area (Å²) in [7, 11) is 0. The van der Waals surface area contributed by atoms with E-state index in [0.29, 0.717) is 23.2 Å². The zero-order valence-corrected chi connectivity index (χ0v) is 12.8. The Morgan fingerprint density at radius 3 is 2.95 bits per heavy atom. The van der Waals surface area contributed by atoms with E-state index in [1.807, 2.05) is 12.1 Å². The average molecular weight is 319 g/mol. The zero-order valence-electron chi connectivity index (χ0n) is 11.2. The van der Waals surface area contributed by atoms with E-state index in [2.05, 4.69) is 10.6 Å². The number of hydrogen-bond donors (Lipinski definition) is 2. The molecule has 0 bridgehead atoms. The standard InChI is InChI=1S/C14H19ClN2O2.ClH/c15-12-5-1-2-6-13(12)19-10-14(18)17-9-11-4-3-7-16-8-11;/h1-2,5-6,11,16H,3-4,7-10H2,(H,17,18);1H. The highest BCUT2D eigenvalue weighted by molar-refractivity contribution is 6.32. The van der Waals surface area contributed by atoms with Crippen LogP contribution in [0, 0.1) is 5.92 Å². The van der Waals surface area contributed by atoms with Gasteiger partial charge in [0.05, 0.1) is 5.02 Å². The number of nitrogens with one attached hydrogen (secondary N) is 2. The van der Waals surface area contributed by atoms with Gasteiger partial charge in [0.1, 0.15) is 5.75 Å². The van der Waals surface area contributed by atoms with Crippen LogP contribution < -0.4 is 15.4 Å². The van der Waals surface area contributed by atoms with Crippen molar-refractivity contribution < 1.29 is 9.53 Å². The molecule has 0 spiro atoms. The molecule has 1 aromatic carbocycles. The van der Waals surface area contributed by atoms with Gasteiger partial charge in [-0.3, -0.25) is 4.79 Å². The lowest BCUT2D eigenvalue weighted by Gasteiger charge is -2.22. The van der Waals surface area contributed by atoms with Crippen LogP contribution in [0.5, 0.6) is 5.75 Å². The number of halogens is 2. The van der Waals surface area contributed by atoms with Crippen LogP contribution in [-0.4, -0.2) is 32.1 Å². The number of rotatable bonds is 5. The Labute approximate surface area is 130 Å². The first kappa shape index (κ1) is 17.1. The topological polar surface area (TPSA) is 50.4 Å².